The van der Waals surface area contributed by atoms with E-state index in [-0.39, 0.29) is 0 Å². The highest BCUT2D eigenvalue weighted by Gasteiger charge is 2.18. The maximum absolute atomic E-state index is 12.0. The van der Waals surface area contributed by atoms with Crippen molar-refractivity contribution < 1.29 is 9.58 Å². The van der Waals surface area contributed by atoms with Crippen LogP contribution in [0.1, 0.15) is 0 Å². The van der Waals surface area contributed by atoms with Gasteiger partial charge in [0.15, 0.2) is 0 Å². The van der Waals surface area contributed by atoms with Gasteiger partial charge in [-0.1, -0.05) is 36.4 Å². The van der Waals surface area contributed by atoms with Gasteiger partial charge in [-0.05, 0) is 24.3 Å². The monoisotopic (exact) mass is 237 g/mol. The Labute approximate surface area is 105 Å². The van der Waals surface area contributed by atoms with Crippen molar-refractivity contribution in [3.63, 3.8) is 0 Å². The molecule has 0 spiro atoms. The second-order valence-electron chi connectivity index (χ2n) is 3.59. The molecule has 0 atom stereocenters. The van der Waals surface area contributed by atoms with E-state index in [2.05, 4.69) is 4.79 Å². The zero-order valence-corrected chi connectivity index (χ0v) is 9.60. The highest BCUT2D eigenvalue weighted by molar-refractivity contribution is 6.32. The summed E-state index contributed by atoms with van der Waals surface area (Å²) < 4.78 is 0. The van der Waals surface area contributed by atoms with Crippen LogP contribution in [0.3, 0.4) is 0 Å². The number of para-hydroxylation sites is 2. The molecule has 0 unspecified atom stereocenters. The first-order valence-corrected chi connectivity index (χ1v) is 5.44. The number of anilines is 2. The maximum atomic E-state index is 12.0. The smallest absolute Gasteiger partial charge is 0.345 e. The summed E-state index contributed by atoms with van der Waals surface area (Å²) in [5.74, 6) is -0.407. The Bertz CT molecular complexity index is 535. The lowest BCUT2D eigenvalue weighted by Gasteiger charge is -2.19. The molecule has 88 valence electrons. The minimum Gasteiger partial charge on any atom is -0.361 e. The van der Waals surface area contributed by atoms with E-state index >= 15 is 0 Å². The number of rotatable bonds is 3. The molecule has 2 aromatic rings. The topological polar surface area (TPSA) is 56.7 Å². The van der Waals surface area contributed by atoms with Gasteiger partial charge in [0.05, 0.1) is 0 Å². The molecule has 0 aromatic heterocycles. The van der Waals surface area contributed by atoms with Gasteiger partial charge in [-0.25, -0.2) is 0 Å². The van der Waals surface area contributed by atoms with E-state index in [0.717, 1.165) is 6.21 Å². The number of benzene rings is 2. The SMILES string of the molecule is [N-]=[N+]=CC(=O)N(c1ccccc1)c1ccccc1. The second-order valence-corrected chi connectivity index (χ2v) is 3.59. The minimum absolute atomic E-state index is 0.407. The summed E-state index contributed by atoms with van der Waals surface area (Å²) in [6, 6.07) is 18.4. The zero-order valence-electron chi connectivity index (χ0n) is 9.60. The quantitative estimate of drug-likeness (QED) is 0.460. The normalized spacial score (nSPS) is 9.33. The summed E-state index contributed by atoms with van der Waals surface area (Å²) in [6.45, 7) is 0. The van der Waals surface area contributed by atoms with Crippen molar-refractivity contribution >= 4 is 23.5 Å². The molecule has 0 aliphatic carbocycles. The molecular weight excluding hydrogens is 226 g/mol. The summed E-state index contributed by atoms with van der Waals surface area (Å²) in [6.07, 6.45) is 0.875. The molecule has 0 radical (unpaired) electrons. The Hall–Kier alpha value is -2.71. The van der Waals surface area contributed by atoms with Crippen LogP contribution in [0.25, 0.3) is 5.53 Å². The number of amides is 1. The molecule has 0 fully saturated rings. The predicted molar refractivity (Wildman–Crippen MR) is 69.7 cm³/mol. The predicted octanol–water partition coefficient (Wildman–Crippen LogP) is 2.65. The minimum atomic E-state index is -0.407. The van der Waals surface area contributed by atoms with Crippen molar-refractivity contribution in [1.82, 2.24) is 0 Å². The number of carbonyl (C=O) groups is 1. The van der Waals surface area contributed by atoms with E-state index in [1.54, 1.807) is 0 Å². The largest absolute Gasteiger partial charge is 0.361 e. The zero-order chi connectivity index (χ0) is 12.8. The molecule has 0 saturated carbocycles. The van der Waals surface area contributed by atoms with Gasteiger partial charge >= 0.3 is 12.1 Å². The fourth-order valence-electron chi connectivity index (χ4n) is 1.66. The molecule has 4 heteroatoms. The number of nitrogens with zero attached hydrogens (tertiary/aromatic N) is 3. The van der Waals surface area contributed by atoms with Crippen LogP contribution in [0.2, 0.25) is 0 Å². The van der Waals surface area contributed by atoms with Gasteiger partial charge in [-0.2, -0.15) is 4.79 Å². The lowest BCUT2D eigenvalue weighted by Crippen LogP contribution is -2.26. The fraction of sp³-hybridized carbons (Fsp3) is 0. The lowest BCUT2D eigenvalue weighted by molar-refractivity contribution is -0.115. The second kappa shape index (κ2) is 5.57. The average molecular weight is 237 g/mol. The molecule has 0 aliphatic heterocycles. The summed E-state index contributed by atoms with van der Waals surface area (Å²) in [5, 5.41) is 0. The summed E-state index contributed by atoms with van der Waals surface area (Å²) >= 11 is 0. The molecular formula is C14H11N3O. The third-order valence-electron chi connectivity index (χ3n) is 2.42. The highest BCUT2D eigenvalue weighted by atomic mass is 16.2. The first-order valence-electron chi connectivity index (χ1n) is 5.44. The molecule has 0 saturated heterocycles. The summed E-state index contributed by atoms with van der Waals surface area (Å²) in [4.78, 5) is 16.2. The third kappa shape index (κ3) is 2.51. The van der Waals surface area contributed by atoms with Crippen LogP contribution in [0, 0.1) is 0 Å². The fourth-order valence-corrected chi connectivity index (χ4v) is 1.66. The van der Waals surface area contributed by atoms with Crippen LogP contribution in [0.15, 0.2) is 60.7 Å². The number of hydrogen-bond acceptors (Lipinski definition) is 1. The Balaban J connectivity index is 2.48. The Morgan fingerprint density at radius 1 is 0.944 bits per heavy atom. The third-order valence-corrected chi connectivity index (χ3v) is 2.42. The standard InChI is InChI=1S/C14H11N3O/c15-16-11-14(18)17(12-7-3-1-4-8-12)13-9-5-2-6-10-13/h1-11H. The van der Waals surface area contributed by atoms with E-state index in [9.17, 15) is 4.79 Å². The van der Waals surface area contributed by atoms with Crippen LogP contribution in [-0.2, 0) is 4.79 Å². The molecule has 18 heavy (non-hydrogen) atoms. The van der Waals surface area contributed by atoms with Gasteiger partial charge in [-0.15, -0.1) is 0 Å². The van der Waals surface area contributed by atoms with Crippen molar-refractivity contribution in [2.75, 3.05) is 4.90 Å². The van der Waals surface area contributed by atoms with Crippen LogP contribution in [0.4, 0.5) is 11.4 Å². The molecule has 0 aliphatic rings. The van der Waals surface area contributed by atoms with Gasteiger partial charge in [0, 0.05) is 11.4 Å². The van der Waals surface area contributed by atoms with Crippen molar-refractivity contribution in [3.8, 4) is 0 Å². The Morgan fingerprint density at radius 2 is 1.39 bits per heavy atom. The van der Waals surface area contributed by atoms with E-state index in [0.29, 0.717) is 11.4 Å². The van der Waals surface area contributed by atoms with Gasteiger partial charge in [0.2, 0.25) is 0 Å². The molecule has 2 aromatic carbocycles. The van der Waals surface area contributed by atoms with Crippen molar-refractivity contribution in [2.24, 2.45) is 0 Å². The first-order chi connectivity index (χ1) is 8.83. The van der Waals surface area contributed by atoms with Crippen LogP contribution < -0.4 is 4.90 Å². The van der Waals surface area contributed by atoms with Crippen molar-refractivity contribution in [2.45, 2.75) is 0 Å². The van der Waals surface area contributed by atoms with E-state index in [4.69, 9.17) is 5.53 Å². The van der Waals surface area contributed by atoms with Gasteiger partial charge < -0.3 is 5.53 Å². The Kier molecular flexibility index (Phi) is 3.64. The summed E-state index contributed by atoms with van der Waals surface area (Å²) in [5.41, 5.74) is 9.93. The molecule has 1 amide bonds. The highest BCUT2D eigenvalue weighted by Crippen LogP contribution is 2.24. The van der Waals surface area contributed by atoms with Gasteiger partial charge in [-0.3, -0.25) is 9.69 Å². The molecule has 2 rings (SSSR count). The molecule has 0 bridgehead atoms. The van der Waals surface area contributed by atoms with Gasteiger partial charge in [0.1, 0.15) is 0 Å². The van der Waals surface area contributed by atoms with Gasteiger partial charge in [0.25, 0.3) is 0 Å². The average Bonchev–Trinajstić information content (AvgIpc) is 2.42. The maximum Gasteiger partial charge on any atom is 0.345 e. The van der Waals surface area contributed by atoms with Crippen LogP contribution >= 0.6 is 0 Å². The summed E-state index contributed by atoms with van der Waals surface area (Å²) in [7, 11) is 0. The molecule has 0 N–H and O–H groups in total. The first kappa shape index (κ1) is 11.8. The molecule has 4 nitrogen and oxygen atoms in total. The van der Waals surface area contributed by atoms with E-state index in [1.165, 1.54) is 4.90 Å². The van der Waals surface area contributed by atoms with E-state index in [1.807, 2.05) is 60.7 Å². The van der Waals surface area contributed by atoms with E-state index < -0.39 is 5.91 Å². The van der Waals surface area contributed by atoms with Crippen molar-refractivity contribution in [3.05, 3.63) is 66.2 Å². The Morgan fingerprint density at radius 3 is 1.78 bits per heavy atom. The number of hydrogen-bond donors (Lipinski definition) is 0. The van der Waals surface area contributed by atoms with Crippen LogP contribution in [0.5, 0.6) is 0 Å². The van der Waals surface area contributed by atoms with Crippen LogP contribution in [-0.4, -0.2) is 16.9 Å². The lowest BCUT2D eigenvalue weighted by atomic mass is 10.2. The molecule has 0 heterocycles. The van der Waals surface area contributed by atoms with Crippen molar-refractivity contribution in [1.29, 1.82) is 0 Å². The number of carbonyl (C=O) groups excluding carboxylic acids is 1.